The second kappa shape index (κ2) is 12.0. The van der Waals surface area contributed by atoms with Crippen LogP contribution in [0.4, 0.5) is 4.79 Å². The zero-order chi connectivity index (χ0) is 23.6. The number of hydrogen-bond donors (Lipinski definition) is 3. The number of hydrogen-bond acceptors (Lipinski definition) is 6. The molecule has 176 valence electrons. The molecule has 0 aromatic heterocycles. The molecule has 0 bridgehead atoms. The molecule has 33 heavy (non-hydrogen) atoms. The number of ether oxygens (including phenoxy) is 3. The fourth-order valence-corrected chi connectivity index (χ4v) is 3.73. The standard InChI is InChI=1S/C24H28N2O7/c1-31-21(23(29)25-11-13-32-12-10-22(27)28)14-26-24(30)33-15-20-18-8-4-2-6-16(18)17-7-3-5-9-19(17)20/h2-9,20-21H,10-15H2,1H3,(H,25,29)(H,26,30)(H,27,28). The molecule has 0 heterocycles. The second-order valence-corrected chi connectivity index (χ2v) is 7.48. The molecule has 3 rings (SSSR count). The number of carbonyl (C=O) groups is 3. The summed E-state index contributed by atoms with van der Waals surface area (Å²) in [7, 11) is 1.37. The molecule has 0 spiro atoms. The smallest absolute Gasteiger partial charge is 0.407 e. The highest BCUT2D eigenvalue weighted by molar-refractivity contribution is 5.82. The van der Waals surface area contributed by atoms with Crippen molar-refractivity contribution in [3.05, 3.63) is 59.7 Å². The maximum Gasteiger partial charge on any atom is 0.407 e. The van der Waals surface area contributed by atoms with Crippen LogP contribution in [-0.2, 0) is 23.8 Å². The van der Waals surface area contributed by atoms with Gasteiger partial charge >= 0.3 is 12.1 Å². The number of amides is 2. The summed E-state index contributed by atoms with van der Waals surface area (Å²) in [5, 5.41) is 13.7. The lowest BCUT2D eigenvalue weighted by atomic mass is 9.98. The maximum absolute atomic E-state index is 12.3. The van der Waals surface area contributed by atoms with Crippen LogP contribution in [0.25, 0.3) is 11.1 Å². The second-order valence-electron chi connectivity index (χ2n) is 7.48. The van der Waals surface area contributed by atoms with Gasteiger partial charge in [0.2, 0.25) is 0 Å². The van der Waals surface area contributed by atoms with E-state index in [1.54, 1.807) is 0 Å². The van der Waals surface area contributed by atoms with Crippen molar-refractivity contribution in [1.29, 1.82) is 0 Å². The molecule has 3 N–H and O–H groups in total. The number of fused-ring (bicyclic) bond motifs is 3. The van der Waals surface area contributed by atoms with Gasteiger partial charge in [0.15, 0.2) is 6.10 Å². The Bertz CT molecular complexity index is 933. The Morgan fingerprint density at radius 1 is 0.970 bits per heavy atom. The number of aliphatic carboxylic acids is 1. The Kier molecular flexibility index (Phi) is 8.79. The van der Waals surface area contributed by atoms with Crippen LogP contribution >= 0.6 is 0 Å². The predicted octanol–water partition coefficient (Wildman–Crippen LogP) is 2.15. The van der Waals surface area contributed by atoms with Gasteiger partial charge in [-0.25, -0.2) is 4.79 Å². The molecule has 1 aliphatic rings. The summed E-state index contributed by atoms with van der Waals surface area (Å²) < 4.78 is 15.7. The topological polar surface area (TPSA) is 123 Å². The van der Waals surface area contributed by atoms with Crippen molar-refractivity contribution in [3.8, 4) is 11.1 Å². The van der Waals surface area contributed by atoms with Crippen molar-refractivity contribution < 1.29 is 33.7 Å². The minimum atomic E-state index is -0.946. The van der Waals surface area contributed by atoms with Crippen molar-refractivity contribution in [2.45, 2.75) is 18.4 Å². The summed E-state index contributed by atoms with van der Waals surface area (Å²) in [6.07, 6.45) is -1.63. The van der Waals surface area contributed by atoms with Gasteiger partial charge in [0.05, 0.1) is 26.2 Å². The zero-order valence-corrected chi connectivity index (χ0v) is 18.4. The van der Waals surface area contributed by atoms with E-state index in [-0.39, 0.29) is 45.2 Å². The van der Waals surface area contributed by atoms with Gasteiger partial charge in [-0.1, -0.05) is 48.5 Å². The number of rotatable bonds is 12. The van der Waals surface area contributed by atoms with Crippen LogP contribution in [0.2, 0.25) is 0 Å². The third kappa shape index (κ3) is 6.53. The van der Waals surface area contributed by atoms with Gasteiger partial charge in [0.1, 0.15) is 6.61 Å². The van der Waals surface area contributed by atoms with Crippen LogP contribution in [-0.4, -0.2) is 69.2 Å². The van der Waals surface area contributed by atoms with Gasteiger partial charge in [-0.3, -0.25) is 9.59 Å². The van der Waals surface area contributed by atoms with Crippen molar-refractivity contribution in [2.75, 3.05) is 40.0 Å². The number of nitrogens with one attached hydrogen (secondary N) is 2. The van der Waals surface area contributed by atoms with E-state index in [4.69, 9.17) is 19.3 Å². The fraction of sp³-hybridized carbons (Fsp3) is 0.375. The van der Waals surface area contributed by atoms with Crippen LogP contribution in [0.15, 0.2) is 48.5 Å². The monoisotopic (exact) mass is 456 g/mol. The minimum absolute atomic E-state index is 0.0502. The Morgan fingerprint density at radius 3 is 2.21 bits per heavy atom. The van der Waals surface area contributed by atoms with Crippen molar-refractivity contribution >= 4 is 18.0 Å². The SMILES string of the molecule is COC(CNC(=O)OCC1c2ccccc2-c2ccccc21)C(=O)NCCOCCC(=O)O. The summed E-state index contributed by atoms with van der Waals surface area (Å²) in [4.78, 5) is 34.9. The zero-order valence-electron chi connectivity index (χ0n) is 18.4. The molecular formula is C24H28N2O7. The van der Waals surface area contributed by atoms with Gasteiger partial charge < -0.3 is 30.0 Å². The van der Waals surface area contributed by atoms with Crippen LogP contribution in [0.1, 0.15) is 23.5 Å². The number of alkyl carbamates (subject to hydrolysis) is 1. The molecule has 2 aromatic rings. The lowest BCUT2D eigenvalue weighted by molar-refractivity contribution is -0.138. The molecule has 9 nitrogen and oxygen atoms in total. The first kappa shape index (κ1) is 24.2. The van der Waals surface area contributed by atoms with E-state index < -0.39 is 24.1 Å². The average Bonchev–Trinajstić information content (AvgIpc) is 3.14. The first-order valence-corrected chi connectivity index (χ1v) is 10.7. The van der Waals surface area contributed by atoms with Crippen LogP contribution in [0.3, 0.4) is 0 Å². The van der Waals surface area contributed by atoms with E-state index in [1.807, 2.05) is 36.4 Å². The summed E-state index contributed by atoms with van der Waals surface area (Å²) in [6, 6.07) is 16.1. The normalized spacial score (nSPS) is 13.0. The molecule has 0 saturated heterocycles. The van der Waals surface area contributed by atoms with Gasteiger partial charge in [-0.2, -0.15) is 0 Å². The molecule has 0 fully saturated rings. The van der Waals surface area contributed by atoms with Crippen molar-refractivity contribution in [3.63, 3.8) is 0 Å². The lowest BCUT2D eigenvalue weighted by Crippen LogP contribution is -2.44. The van der Waals surface area contributed by atoms with E-state index in [9.17, 15) is 14.4 Å². The highest BCUT2D eigenvalue weighted by atomic mass is 16.5. The predicted molar refractivity (Wildman–Crippen MR) is 120 cm³/mol. The van der Waals surface area contributed by atoms with Gasteiger partial charge in [-0.05, 0) is 22.3 Å². The molecule has 0 radical (unpaired) electrons. The molecule has 1 unspecified atom stereocenters. The Balaban J connectivity index is 1.42. The minimum Gasteiger partial charge on any atom is -0.481 e. The molecule has 1 atom stereocenters. The number of carboxylic acid groups (broad SMARTS) is 1. The number of carbonyl (C=O) groups excluding carboxylic acids is 2. The summed E-state index contributed by atoms with van der Waals surface area (Å²) in [5.41, 5.74) is 4.52. The Hall–Kier alpha value is -3.43. The third-order valence-corrected chi connectivity index (χ3v) is 5.36. The molecular weight excluding hydrogens is 428 g/mol. The maximum atomic E-state index is 12.3. The van der Waals surface area contributed by atoms with Gasteiger partial charge in [-0.15, -0.1) is 0 Å². The van der Waals surface area contributed by atoms with E-state index in [0.29, 0.717) is 0 Å². The van der Waals surface area contributed by atoms with Crippen LogP contribution < -0.4 is 10.6 Å². The molecule has 2 amide bonds. The highest BCUT2D eigenvalue weighted by Gasteiger charge is 2.29. The first-order chi connectivity index (χ1) is 16.0. The molecule has 0 saturated carbocycles. The van der Waals surface area contributed by atoms with Crippen molar-refractivity contribution in [1.82, 2.24) is 10.6 Å². The van der Waals surface area contributed by atoms with E-state index in [2.05, 4.69) is 22.8 Å². The van der Waals surface area contributed by atoms with Crippen molar-refractivity contribution in [2.24, 2.45) is 0 Å². The molecule has 1 aliphatic carbocycles. The molecule has 2 aromatic carbocycles. The van der Waals surface area contributed by atoms with Gasteiger partial charge in [0.25, 0.3) is 5.91 Å². The number of methoxy groups -OCH3 is 1. The van der Waals surface area contributed by atoms with Crippen LogP contribution in [0, 0.1) is 0 Å². The van der Waals surface area contributed by atoms with Crippen LogP contribution in [0.5, 0.6) is 0 Å². The average molecular weight is 456 g/mol. The quantitative estimate of drug-likeness (QED) is 0.418. The Labute approximate surface area is 192 Å². The first-order valence-electron chi connectivity index (χ1n) is 10.7. The summed E-state index contributed by atoms with van der Waals surface area (Å²) in [6.45, 7) is 0.567. The summed E-state index contributed by atoms with van der Waals surface area (Å²) in [5.74, 6) is -1.41. The van der Waals surface area contributed by atoms with E-state index in [0.717, 1.165) is 22.3 Å². The number of carboxylic acids is 1. The van der Waals surface area contributed by atoms with E-state index in [1.165, 1.54) is 7.11 Å². The fourth-order valence-electron chi connectivity index (χ4n) is 3.73. The number of benzene rings is 2. The largest absolute Gasteiger partial charge is 0.481 e. The highest BCUT2D eigenvalue weighted by Crippen LogP contribution is 2.44. The van der Waals surface area contributed by atoms with E-state index >= 15 is 0 Å². The summed E-state index contributed by atoms with van der Waals surface area (Å²) >= 11 is 0. The lowest BCUT2D eigenvalue weighted by Gasteiger charge is -2.17. The van der Waals surface area contributed by atoms with Gasteiger partial charge in [0, 0.05) is 19.6 Å². The third-order valence-electron chi connectivity index (χ3n) is 5.36. The molecule has 9 heteroatoms. The Morgan fingerprint density at radius 2 is 1.61 bits per heavy atom. The molecule has 0 aliphatic heterocycles.